The number of nitrogens with zero attached hydrogens (tertiary/aromatic N) is 3. The molecule has 0 unspecified atom stereocenters. The summed E-state index contributed by atoms with van der Waals surface area (Å²) in [6, 6.07) is 0. The quantitative estimate of drug-likeness (QED) is 0.869. The van der Waals surface area contributed by atoms with Crippen molar-refractivity contribution < 1.29 is 26.4 Å². The minimum absolute atomic E-state index is 0.0456. The van der Waals surface area contributed by atoms with E-state index in [1.807, 2.05) is 0 Å². The second-order valence-electron chi connectivity index (χ2n) is 5.69. The maximum absolute atomic E-state index is 12.7. The fourth-order valence-electron chi connectivity index (χ4n) is 2.72. The summed E-state index contributed by atoms with van der Waals surface area (Å²) in [6.07, 6.45) is -5.82. The Morgan fingerprint density at radius 2 is 1.88 bits per heavy atom. The van der Waals surface area contributed by atoms with Gasteiger partial charge in [0.25, 0.3) is 0 Å². The van der Waals surface area contributed by atoms with E-state index >= 15 is 0 Å². The van der Waals surface area contributed by atoms with Gasteiger partial charge in [-0.3, -0.25) is 9.89 Å². The average Bonchev–Trinajstić information content (AvgIpc) is 2.65. The number of aromatic amines is 1. The van der Waals surface area contributed by atoms with Crippen molar-refractivity contribution in [3.63, 3.8) is 0 Å². The number of nitrogens with one attached hydrogen (secondary N) is 1. The lowest BCUT2D eigenvalue weighted by atomic mass is 10.3. The lowest BCUT2D eigenvalue weighted by molar-refractivity contribution is -0.161. The van der Waals surface area contributed by atoms with E-state index in [-0.39, 0.29) is 37.5 Å². The number of rotatable bonds is 3. The zero-order valence-corrected chi connectivity index (χ0v) is 14.2. The van der Waals surface area contributed by atoms with E-state index in [2.05, 4.69) is 10.2 Å². The van der Waals surface area contributed by atoms with E-state index < -0.39 is 28.5 Å². The summed E-state index contributed by atoms with van der Waals surface area (Å²) in [5.74, 6) is -1.03. The molecular formula is C13H19F3N4O3S. The number of aromatic nitrogens is 2. The number of halogens is 3. The van der Waals surface area contributed by atoms with Gasteiger partial charge in [0.05, 0.1) is 11.4 Å². The Morgan fingerprint density at radius 1 is 1.21 bits per heavy atom. The number of alkyl halides is 3. The van der Waals surface area contributed by atoms with Crippen molar-refractivity contribution in [2.75, 3.05) is 26.2 Å². The van der Waals surface area contributed by atoms with Crippen molar-refractivity contribution in [2.24, 2.45) is 0 Å². The van der Waals surface area contributed by atoms with E-state index in [9.17, 15) is 26.4 Å². The van der Waals surface area contributed by atoms with Crippen molar-refractivity contribution in [1.29, 1.82) is 0 Å². The van der Waals surface area contributed by atoms with Crippen LogP contribution in [0, 0.1) is 13.8 Å². The Hall–Kier alpha value is -1.62. The molecule has 1 saturated heterocycles. The van der Waals surface area contributed by atoms with Gasteiger partial charge >= 0.3 is 6.18 Å². The van der Waals surface area contributed by atoms with Crippen LogP contribution in [-0.4, -0.2) is 66.1 Å². The van der Waals surface area contributed by atoms with Gasteiger partial charge in [-0.2, -0.15) is 22.6 Å². The predicted molar refractivity (Wildman–Crippen MR) is 78.7 cm³/mol. The van der Waals surface area contributed by atoms with Gasteiger partial charge in [-0.1, -0.05) is 0 Å². The molecule has 1 aliphatic heterocycles. The molecule has 7 nitrogen and oxygen atoms in total. The molecule has 0 radical (unpaired) electrons. The topological polar surface area (TPSA) is 86.4 Å². The number of H-pyrrole nitrogens is 1. The summed E-state index contributed by atoms with van der Waals surface area (Å²) in [5, 5.41) is 6.47. The summed E-state index contributed by atoms with van der Waals surface area (Å²) in [7, 11) is -3.81. The number of carbonyl (C=O) groups is 1. The Balaban J connectivity index is 2.12. The van der Waals surface area contributed by atoms with Crippen LogP contribution in [0.2, 0.25) is 0 Å². The standard InChI is InChI=1S/C13H19F3N4O3S/c1-9-12(10(2)18-17-9)24(22,23)20-5-3-4-19(6-7-20)11(21)8-13(14,15)16/h3-8H2,1-2H3,(H,17,18). The third-order valence-electron chi connectivity index (χ3n) is 3.82. The summed E-state index contributed by atoms with van der Waals surface area (Å²) >= 11 is 0. The first-order chi connectivity index (χ1) is 11.0. The van der Waals surface area contributed by atoms with Crippen LogP contribution in [0.1, 0.15) is 24.2 Å². The summed E-state index contributed by atoms with van der Waals surface area (Å²) < 4.78 is 63.7. The molecule has 11 heteroatoms. The van der Waals surface area contributed by atoms with Crippen LogP contribution in [0.5, 0.6) is 0 Å². The highest BCUT2D eigenvalue weighted by Crippen LogP contribution is 2.24. The fourth-order valence-corrected chi connectivity index (χ4v) is 4.52. The maximum Gasteiger partial charge on any atom is 0.397 e. The second-order valence-corrected chi connectivity index (χ2v) is 7.57. The Labute approximate surface area is 137 Å². The highest BCUT2D eigenvalue weighted by Gasteiger charge is 2.36. The minimum Gasteiger partial charge on any atom is -0.341 e. The molecule has 0 spiro atoms. The van der Waals surface area contributed by atoms with Crippen molar-refractivity contribution >= 4 is 15.9 Å². The van der Waals surface area contributed by atoms with Crippen LogP contribution in [0.25, 0.3) is 0 Å². The normalized spacial score (nSPS) is 17.8. The molecule has 0 aromatic carbocycles. The van der Waals surface area contributed by atoms with Gasteiger partial charge in [-0.15, -0.1) is 0 Å². The van der Waals surface area contributed by atoms with E-state index in [1.165, 1.54) is 4.31 Å². The molecule has 2 heterocycles. The molecule has 2 rings (SSSR count). The number of hydrogen-bond acceptors (Lipinski definition) is 4. The van der Waals surface area contributed by atoms with Gasteiger partial charge in [0.15, 0.2) is 0 Å². The molecule has 1 aliphatic rings. The molecule has 1 aromatic rings. The first-order valence-corrected chi connectivity index (χ1v) is 8.82. The maximum atomic E-state index is 12.7. The largest absolute Gasteiger partial charge is 0.397 e. The van der Waals surface area contributed by atoms with Crippen LogP contribution in [0.15, 0.2) is 4.90 Å². The molecular weight excluding hydrogens is 349 g/mol. The Morgan fingerprint density at radius 3 is 2.42 bits per heavy atom. The SMILES string of the molecule is Cc1n[nH]c(C)c1S(=O)(=O)N1CCCN(C(=O)CC(F)(F)F)CC1. The lowest BCUT2D eigenvalue weighted by Crippen LogP contribution is -2.38. The molecule has 24 heavy (non-hydrogen) atoms. The van der Waals surface area contributed by atoms with Crippen LogP contribution in [-0.2, 0) is 14.8 Å². The third-order valence-corrected chi connectivity index (χ3v) is 5.98. The molecule has 1 N–H and O–H groups in total. The van der Waals surface area contributed by atoms with Gasteiger partial charge in [0.2, 0.25) is 15.9 Å². The molecule has 1 amide bonds. The zero-order valence-electron chi connectivity index (χ0n) is 13.4. The molecule has 136 valence electrons. The summed E-state index contributed by atoms with van der Waals surface area (Å²) in [5.41, 5.74) is 0.739. The Kier molecular flexibility index (Phi) is 5.23. The fraction of sp³-hybridized carbons (Fsp3) is 0.692. The van der Waals surface area contributed by atoms with Gasteiger partial charge in [-0.05, 0) is 20.3 Å². The van der Waals surface area contributed by atoms with Gasteiger partial charge in [0, 0.05) is 26.2 Å². The summed E-state index contributed by atoms with van der Waals surface area (Å²) in [6.45, 7) is 3.28. The summed E-state index contributed by atoms with van der Waals surface area (Å²) in [4.78, 5) is 12.8. The van der Waals surface area contributed by atoms with E-state index in [0.29, 0.717) is 11.4 Å². The van der Waals surface area contributed by atoms with Crippen LogP contribution in [0.4, 0.5) is 13.2 Å². The number of hydrogen-bond donors (Lipinski definition) is 1. The molecule has 0 aliphatic carbocycles. The molecule has 0 saturated carbocycles. The van der Waals surface area contributed by atoms with Crippen molar-refractivity contribution in [1.82, 2.24) is 19.4 Å². The first kappa shape index (κ1) is 18.7. The molecule has 1 aromatic heterocycles. The number of amides is 1. The van der Waals surface area contributed by atoms with Crippen LogP contribution < -0.4 is 0 Å². The lowest BCUT2D eigenvalue weighted by Gasteiger charge is -2.22. The van der Waals surface area contributed by atoms with Gasteiger partial charge in [0.1, 0.15) is 11.3 Å². The van der Waals surface area contributed by atoms with Crippen molar-refractivity contribution in [2.45, 2.75) is 37.8 Å². The first-order valence-electron chi connectivity index (χ1n) is 7.38. The van der Waals surface area contributed by atoms with Gasteiger partial charge in [-0.25, -0.2) is 8.42 Å². The molecule has 1 fully saturated rings. The number of carbonyl (C=O) groups excluding carboxylic acids is 1. The van der Waals surface area contributed by atoms with Crippen LogP contribution >= 0.6 is 0 Å². The highest BCUT2D eigenvalue weighted by atomic mass is 32.2. The minimum atomic E-state index is -4.57. The molecule has 0 atom stereocenters. The number of aryl methyl sites for hydroxylation is 2. The van der Waals surface area contributed by atoms with Gasteiger partial charge < -0.3 is 4.90 Å². The molecule has 0 bridgehead atoms. The monoisotopic (exact) mass is 368 g/mol. The zero-order chi connectivity index (χ0) is 18.1. The highest BCUT2D eigenvalue weighted by molar-refractivity contribution is 7.89. The smallest absolute Gasteiger partial charge is 0.341 e. The van der Waals surface area contributed by atoms with Crippen molar-refractivity contribution in [3.8, 4) is 0 Å². The van der Waals surface area contributed by atoms with E-state index in [1.54, 1.807) is 13.8 Å². The number of sulfonamides is 1. The van der Waals surface area contributed by atoms with E-state index in [4.69, 9.17) is 0 Å². The van der Waals surface area contributed by atoms with Crippen LogP contribution in [0.3, 0.4) is 0 Å². The van der Waals surface area contributed by atoms with Crippen molar-refractivity contribution in [3.05, 3.63) is 11.4 Å². The third kappa shape index (κ3) is 4.07. The van der Waals surface area contributed by atoms with E-state index in [0.717, 1.165) is 4.90 Å². The second kappa shape index (κ2) is 6.71. The predicted octanol–water partition coefficient (Wildman–Crippen LogP) is 1.20. The Bertz CT molecular complexity index is 695. The average molecular weight is 368 g/mol.